The van der Waals surface area contributed by atoms with Crippen LogP contribution in [0.5, 0.6) is 0 Å². The minimum Gasteiger partial charge on any atom is -0.330 e. The van der Waals surface area contributed by atoms with Crippen molar-refractivity contribution in [3.8, 4) is 0 Å². The summed E-state index contributed by atoms with van der Waals surface area (Å²) in [6.07, 6.45) is 2.23. The van der Waals surface area contributed by atoms with Crippen molar-refractivity contribution in [2.24, 2.45) is 11.7 Å². The second-order valence-electron chi connectivity index (χ2n) is 6.03. The molecular formula is C13H24N4O2. The van der Waals surface area contributed by atoms with Crippen molar-refractivity contribution in [2.45, 2.75) is 32.2 Å². The van der Waals surface area contributed by atoms with Crippen LogP contribution in [0.4, 0.5) is 4.79 Å². The van der Waals surface area contributed by atoms with Gasteiger partial charge in [0.2, 0.25) is 0 Å². The smallest absolute Gasteiger partial charge is 0.325 e. The number of imide groups is 1. The summed E-state index contributed by atoms with van der Waals surface area (Å²) >= 11 is 0. The predicted molar refractivity (Wildman–Crippen MR) is 72.5 cm³/mol. The fourth-order valence-corrected chi connectivity index (χ4v) is 2.71. The van der Waals surface area contributed by atoms with E-state index in [4.69, 9.17) is 5.73 Å². The normalized spacial score (nSPS) is 24.9. The van der Waals surface area contributed by atoms with Gasteiger partial charge in [0.1, 0.15) is 5.54 Å². The van der Waals surface area contributed by atoms with Crippen LogP contribution in [-0.4, -0.2) is 60.0 Å². The van der Waals surface area contributed by atoms with E-state index in [-0.39, 0.29) is 11.9 Å². The van der Waals surface area contributed by atoms with E-state index in [1.165, 1.54) is 4.90 Å². The SMILES string of the molecule is CC1(C)NC(=O)N(CCN2CCC(CN)CC2)C1=O. The summed E-state index contributed by atoms with van der Waals surface area (Å²) in [6, 6.07) is -0.271. The Morgan fingerprint density at radius 3 is 2.37 bits per heavy atom. The first-order valence-electron chi connectivity index (χ1n) is 7.00. The van der Waals surface area contributed by atoms with E-state index < -0.39 is 5.54 Å². The molecule has 0 spiro atoms. The van der Waals surface area contributed by atoms with Gasteiger partial charge in [0.15, 0.2) is 0 Å². The molecule has 0 unspecified atom stereocenters. The molecule has 2 aliphatic rings. The van der Waals surface area contributed by atoms with Gasteiger partial charge < -0.3 is 16.0 Å². The summed E-state index contributed by atoms with van der Waals surface area (Å²) in [4.78, 5) is 27.4. The standard InChI is InChI=1S/C13H24N4O2/c1-13(2)11(18)17(12(19)15-13)8-7-16-5-3-10(9-14)4-6-16/h10H,3-9,14H2,1-2H3,(H,15,19). The molecule has 2 aliphatic heterocycles. The largest absolute Gasteiger partial charge is 0.330 e. The Bertz CT molecular complexity index is 362. The van der Waals surface area contributed by atoms with Crippen molar-refractivity contribution in [1.29, 1.82) is 0 Å². The number of hydrogen-bond acceptors (Lipinski definition) is 4. The molecule has 3 N–H and O–H groups in total. The second kappa shape index (κ2) is 5.46. The van der Waals surface area contributed by atoms with Crippen LogP contribution in [0.3, 0.4) is 0 Å². The molecule has 2 saturated heterocycles. The van der Waals surface area contributed by atoms with E-state index in [9.17, 15) is 9.59 Å². The third kappa shape index (κ3) is 3.06. The van der Waals surface area contributed by atoms with E-state index in [1.54, 1.807) is 13.8 Å². The third-order valence-corrected chi connectivity index (χ3v) is 4.12. The molecule has 19 heavy (non-hydrogen) atoms. The molecule has 6 nitrogen and oxygen atoms in total. The molecule has 0 saturated carbocycles. The van der Waals surface area contributed by atoms with Crippen LogP contribution in [-0.2, 0) is 4.79 Å². The van der Waals surface area contributed by atoms with Gasteiger partial charge in [0.05, 0.1) is 0 Å². The molecule has 2 fully saturated rings. The van der Waals surface area contributed by atoms with Gasteiger partial charge in [-0.3, -0.25) is 9.69 Å². The van der Waals surface area contributed by atoms with E-state index >= 15 is 0 Å². The number of carbonyl (C=O) groups excluding carboxylic acids is 2. The van der Waals surface area contributed by atoms with Gasteiger partial charge in [-0.25, -0.2) is 4.79 Å². The Kier molecular flexibility index (Phi) is 4.10. The summed E-state index contributed by atoms with van der Waals surface area (Å²) in [5.41, 5.74) is 4.90. The molecule has 0 radical (unpaired) electrons. The van der Waals surface area contributed by atoms with Crippen molar-refractivity contribution in [1.82, 2.24) is 15.1 Å². The predicted octanol–water partition coefficient (Wildman–Crippen LogP) is -0.0125. The molecule has 2 heterocycles. The number of likely N-dealkylation sites (tertiary alicyclic amines) is 1. The zero-order valence-corrected chi connectivity index (χ0v) is 11.8. The van der Waals surface area contributed by atoms with Crippen LogP contribution in [0, 0.1) is 5.92 Å². The van der Waals surface area contributed by atoms with Crippen LogP contribution < -0.4 is 11.1 Å². The van der Waals surface area contributed by atoms with E-state index in [1.807, 2.05) is 0 Å². The summed E-state index contributed by atoms with van der Waals surface area (Å²) < 4.78 is 0. The Balaban J connectivity index is 1.80. The molecule has 0 atom stereocenters. The first kappa shape index (κ1) is 14.3. The number of hydrogen-bond donors (Lipinski definition) is 2. The second-order valence-corrected chi connectivity index (χ2v) is 6.03. The summed E-state index contributed by atoms with van der Waals surface area (Å²) in [7, 11) is 0. The number of amides is 3. The zero-order valence-electron chi connectivity index (χ0n) is 11.8. The molecule has 0 aromatic rings. The monoisotopic (exact) mass is 268 g/mol. The maximum Gasteiger partial charge on any atom is 0.325 e. The van der Waals surface area contributed by atoms with E-state index in [0.29, 0.717) is 12.5 Å². The number of carbonyl (C=O) groups is 2. The van der Waals surface area contributed by atoms with Gasteiger partial charge in [-0.15, -0.1) is 0 Å². The average molecular weight is 268 g/mol. The number of nitrogens with two attached hydrogens (primary N) is 1. The topological polar surface area (TPSA) is 78.7 Å². The molecule has 0 aromatic carbocycles. The molecule has 0 aliphatic carbocycles. The van der Waals surface area contributed by atoms with Crippen LogP contribution in [0.15, 0.2) is 0 Å². The zero-order chi connectivity index (χ0) is 14.0. The highest BCUT2D eigenvalue weighted by molar-refractivity contribution is 6.06. The average Bonchev–Trinajstić information content (AvgIpc) is 2.57. The quantitative estimate of drug-likeness (QED) is 0.703. The van der Waals surface area contributed by atoms with Crippen LogP contribution in [0.25, 0.3) is 0 Å². The minimum absolute atomic E-state index is 0.130. The van der Waals surface area contributed by atoms with Gasteiger partial charge in [0, 0.05) is 13.1 Å². The Labute approximate surface area is 114 Å². The van der Waals surface area contributed by atoms with Gasteiger partial charge in [0.25, 0.3) is 5.91 Å². The molecule has 0 aromatic heterocycles. The maximum atomic E-state index is 12.0. The van der Waals surface area contributed by atoms with E-state index in [2.05, 4.69) is 10.2 Å². The first-order chi connectivity index (χ1) is 8.94. The van der Waals surface area contributed by atoms with Crippen molar-refractivity contribution in [2.75, 3.05) is 32.7 Å². The summed E-state index contributed by atoms with van der Waals surface area (Å²) in [6.45, 7) is 7.48. The molecular weight excluding hydrogens is 244 g/mol. The summed E-state index contributed by atoms with van der Waals surface area (Å²) in [5.74, 6) is 0.501. The lowest BCUT2D eigenvalue weighted by atomic mass is 9.97. The fraction of sp³-hybridized carbons (Fsp3) is 0.846. The van der Waals surface area contributed by atoms with E-state index in [0.717, 1.165) is 39.0 Å². The van der Waals surface area contributed by atoms with Gasteiger partial charge in [-0.05, 0) is 52.2 Å². The van der Waals surface area contributed by atoms with Crippen LogP contribution in [0.1, 0.15) is 26.7 Å². The highest BCUT2D eigenvalue weighted by Crippen LogP contribution is 2.18. The fourth-order valence-electron chi connectivity index (χ4n) is 2.71. The van der Waals surface area contributed by atoms with Crippen molar-refractivity contribution >= 4 is 11.9 Å². The molecule has 108 valence electrons. The van der Waals surface area contributed by atoms with Crippen LogP contribution in [0.2, 0.25) is 0 Å². The van der Waals surface area contributed by atoms with Crippen molar-refractivity contribution < 1.29 is 9.59 Å². The Hall–Kier alpha value is -1.14. The van der Waals surface area contributed by atoms with Gasteiger partial charge in [-0.2, -0.15) is 0 Å². The van der Waals surface area contributed by atoms with Crippen molar-refractivity contribution in [3.05, 3.63) is 0 Å². The number of piperidine rings is 1. The number of urea groups is 1. The highest BCUT2D eigenvalue weighted by atomic mass is 16.2. The number of rotatable bonds is 4. The van der Waals surface area contributed by atoms with Gasteiger partial charge >= 0.3 is 6.03 Å². The first-order valence-corrected chi connectivity index (χ1v) is 7.00. The minimum atomic E-state index is -0.760. The lowest BCUT2D eigenvalue weighted by Crippen LogP contribution is -2.43. The maximum absolute atomic E-state index is 12.0. The number of nitrogens with zero attached hydrogens (tertiary/aromatic N) is 2. The third-order valence-electron chi connectivity index (χ3n) is 4.12. The van der Waals surface area contributed by atoms with Crippen molar-refractivity contribution in [3.63, 3.8) is 0 Å². The highest BCUT2D eigenvalue weighted by Gasteiger charge is 2.43. The van der Waals surface area contributed by atoms with Gasteiger partial charge in [-0.1, -0.05) is 0 Å². The van der Waals surface area contributed by atoms with Crippen LogP contribution >= 0.6 is 0 Å². The number of nitrogens with one attached hydrogen (secondary N) is 1. The molecule has 2 rings (SSSR count). The lowest BCUT2D eigenvalue weighted by Gasteiger charge is -2.32. The molecule has 0 bridgehead atoms. The Morgan fingerprint density at radius 2 is 1.89 bits per heavy atom. The summed E-state index contributed by atoms with van der Waals surface area (Å²) in [5, 5.41) is 2.70. The molecule has 3 amide bonds. The Morgan fingerprint density at radius 1 is 1.26 bits per heavy atom. The molecule has 6 heteroatoms. The lowest BCUT2D eigenvalue weighted by molar-refractivity contribution is -0.130.